The molecule has 122 valence electrons. The van der Waals surface area contributed by atoms with Gasteiger partial charge in [-0.15, -0.1) is 11.3 Å². The Hall–Kier alpha value is -3.07. The maximum Gasteiger partial charge on any atom is 0.311 e. The second-order valence-corrected chi connectivity index (χ2v) is 5.58. The molecule has 0 aromatic carbocycles. The normalized spacial score (nSPS) is 10.4. The summed E-state index contributed by atoms with van der Waals surface area (Å²) >= 11 is 1.25. The number of nitrogens with one attached hydrogen (secondary N) is 1. The van der Waals surface area contributed by atoms with Crippen molar-refractivity contribution in [1.82, 2.24) is 19.5 Å². The van der Waals surface area contributed by atoms with Crippen molar-refractivity contribution >= 4 is 28.3 Å². The molecule has 0 unspecified atom stereocenters. The van der Waals surface area contributed by atoms with E-state index in [4.69, 9.17) is 0 Å². The number of anilines is 1. The number of thiazole rings is 1. The topological polar surface area (TPSA) is 99.0 Å². The lowest BCUT2D eigenvalue weighted by Gasteiger charge is -2.04. The Morgan fingerprint density at radius 2 is 2.25 bits per heavy atom. The Labute approximate surface area is 141 Å². The fraction of sp³-hybridized carbons (Fsp3) is 0.133. The van der Waals surface area contributed by atoms with Gasteiger partial charge in [-0.05, 0) is 12.1 Å². The second-order valence-electron chi connectivity index (χ2n) is 4.72. The van der Waals surface area contributed by atoms with Crippen molar-refractivity contribution in [2.24, 2.45) is 0 Å². The van der Waals surface area contributed by atoms with Crippen LogP contribution in [0.25, 0.3) is 5.82 Å². The van der Waals surface area contributed by atoms with Gasteiger partial charge in [0.15, 0.2) is 5.13 Å². The molecule has 0 bridgehead atoms. The Kier molecular flexibility index (Phi) is 4.62. The third-order valence-electron chi connectivity index (χ3n) is 3.10. The van der Waals surface area contributed by atoms with E-state index >= 15 is 0 Å². The van der Waals surface area contributed by atoms with E-state index in [0.717, 1.165) is 0 Å². The zero-order valence-corrected chi connectivity index (χ0v) is 13.5. The van der Waals surface area contributed by atoms with E-state index < -0.39 is 0 Å². The largest absolute Gasteiger partial charge is 0.469 e. The van der Waals surface area contributed by atoms with E-state index in [2.05, 4.69) is 25.0 Å². The lowest BCUT2D eigenvalue weighted by molar-refractivity contribution is -0.139. The summed E-state index contributed by atoms with van der Waals surface area (Å²) in [5, 5.41) is 4.83. The van der Waals surface area contributed by atoms with Crippen LogP contribution in [0.2, 0.25) is 0 Å². The first-order chi connectivity index (χ1) is 11.7. The fourth-order valence-electron chi connectivity index (χ4n) is 1.93. The van der Waals surface area contributed by atoms with Gasteiger partial charge in [0.1, 0.15) is 12.1 Å². The van der Waals surface area contributed by atoms with Gasteiger partial charge in [-0.1, -0.05) is 0 Å². The van der Waals surface area contributed by atoms with Crippen molar-refractivity contribution in [3.63, 3.8) is 0 Å². The number of hydrogen-bond donors (Lipinski definition) is 1. The standard InChI is InChI=1S/C15H13N5O3S/c1-23-13(21)7-11-8-24-15(18-11)19-14(22)10-2-3-17-12(6-10)20-5-4-16-9-20/h2-6,8-9H,7H2,1H3,(H,18,19,22). The minimum Gasteiger partial charge on any atom is -0.469 e. The molecule has 8 nitrogen and oxygen atoms in total. The molecule has 0 spiro atoms. The van der Waals surface area contributed by atoms with Crippen LogP contribution in [-0.2, 0) is 16.0 Å². The molecule has 0 saturated heterocycles. The van der Waals surface area contributed by atoms with Crippen LogP contribution in [0, 0.1) is 0 Å². The van der Waals surface area contributed by atoms with Crippen LogP contribution >= 0.6 is 11.3 Å². The number of methoxy groups -OCH3 is 1. The van der Waals surface area contributed by atoms with Crippen LogP contribution in [0.3, 0.4) is 0 Å². The molecule has 3 heterocycles. The molecule has 0 radical (unpaired) electrons. The van der Waals surface area contributed by atoms with Crippen molar-refractivity contribution in [3.05, 3.63) is 53.7 Å². The van der Waals surface area contributed by atoms with Gasteiger partial charge in [-0.25, -0.2) is 15.0 Å². The number of rotatable bonds is 5. The van der Waals surface area contributed by atoms with E-state index in [1.54, 1.807) is 47.0 Å². The van der Waals surface area contributed by atoms with Gasteiger partial charge >= 0.3 is 5.97 Å². The first-order valence-electron chi connectivity index (χ1n) is 6.92. The summed E-state index contributed by atoms with van der Waals surface area (Å²) in [5.74, 6) is -0.0966. The Morgan fingerprint density at radius 3 is 3.00 bits per heavy atom. The molecule has 3 rings (SSSR count). The predicted octanol–water partition coefficient (Wildman–Crippen LogP) is 1.69. The SMILES string of the molecule is COC(=O)Cc1csc(NC(=O)c2ccnc(-n3ccnc3)c2)n1. The highest BCUT2D eigenvalue weighted by molar-refractivity contribution is 7.14. The van der Waals surface area contributed by atoms with Crippen molar-refractivity contribution in [2.75, 3.05) is 12.4 Å². The number of ether oxygens (including phenoxy) is 1. The van der Waals surface area contributed by atoms with E-state index in [-0.39, 0.29) is 18.3 Å². The Bertz CT molecular complexity index is 860. The molecule has 0 atom stereocenters. The molecule has 0 aliphatic carbocycles. The molecule has 1 amide bonds. The van der Waals surface area contributed by atoms with Crippen LogP contribution in [0.4, 0.5) is 5.13 Å². The minimum atomic E-state index is -0.378. The summed E-state index contributed by atoms with van der Waals surface area (Å²) in [4.78, 5) is 35.9. The number of carbonyl (C=O) groups excluding carboxylic acids is 2. The van der Waals surface area contributed by atoms with Crippen molar-refractivity contribution < 1.29 is 14.3 Å². The van der Waals surface area contributed by atoms with Crippen molar-refractivity contribution in [2.45, 2.75) is 6.42 Å². The van der Waals surface area contributed by atoms with Crippen LogP contribution in [0.15, 0.2) is 42.4 Å². The number of imidazole rings is 1. The zero-order valence-electron chi connectivity index (χ0n) is 12.7. The average Bonchev–Trinajstić information content (AvgIpc) is 3.27. The number of pyridine rings is 1. The van der Waals surface area contributed by atoms with Crippen LogP contribution in [0.1, 0.15) is 16.1 Å². The lowest BCUT2D eigenvalue weighted by Crippen LogP contribution is -2.13. The number of aromatic nitrogens is 4. The van der Waals surface area contributed by atoms with Gasteiger partial charge < -0.3 is 4.74 Å². The Balaban J connectivity index is 1.71. The highest BCUT2D eigenvalue weighted by Gasteiger charge is 2.12. The van der Waals surface area contributed by atoms with Crippen LogP contribution in [-0.4, -0.2) is 38.5 Å². The number of nitrogens with zero attached hydrogens (tertiary/aromatic N) is 4. The quantitative estimate of drug-likeness (QED) is 0.708. The first-order valence-corrected chi connectivity index (χ1v) is 7.80. The molecule has 3 aromatic heterocycles. The summed E-state index contributed by atoms with van der Waals surface area (Å²) in [7, 11) is 1.32. The summed E-state index contributed by atoms with van der Waals surface area (Å²) in [6, 6.07) is 3.26. The van der Waals surface area contributed by atoms with E-state index in [1.807, 2.05) is 0 Å². The van der Waals surface area contributed by atoms with Gasteiger partial charge in [0.2, 0.25) is 0 Å². The van der Waals surface area contributed by atoms with Gasteiger partial charge in [0.25, 0.3) is 5.91 Å². The van der Waals surface area contributed by atoms with E-state index in [1.165, 1.54) is 18.4 Å². The maximum atomic E-state index is 12.3. The molecular formula is C15H13N5O3S. The fourth-order valence-corrected chi connectivity index (χ4v) is 2.64. The predicted molar refractivity (Wildman–Crippen MR) is 87.1 cm³/mol. The minimum absolute atomic E-state index is 0.0723. The number of hydrogen-bond acceptors (Lipinski definition) is 7. The second kappa shape index (κ2) is 7.01. The molecule has 0 aliphatic heterocycles. The smallest absolute Gasteiger partial charge is 0.311 e. The number of amides is 1. The van der Waals surface area contributed by atoms with E-state index in [9.17, 15) is 9.59 Å². The summed E-state index contributed by atoms with van der Waals surface area (Å²) in [6.45, 7) is 0. The average molecular weight is 343 g/mol. The van der Waals surface area contributed by atoms with Crippen LogP contribution < -0.4 is 5.32 Å². The molecule has 0 saturated carbocycles. The highest BCUT2D eigenvalue weighted by atomic mass is 32.1. The molecule has 3 aromatic rings. The van der Waals surface area contributed by atoms with Gasteiger partial charge in [-0.2, -0.15) is 0 Å². The molecule has 9 heteroatoms. The molecule has 1 N–H and O–H groups in total. The summed E-state index contributed by atoms with van der Waals surface area (Å²) in [5.41, 5.74) is 0.995. The molecule has 0 aliphatic rings. The number of carbonyl (C=O) groups is 2. The lowest BCUT2D eigenvalue weighted by atomic mass is 10.2. The molecule has 0 fully saturated rings. The maximum absolute atomic E-state index is 12.3. The van der Waals surface area contributed by atoms with Gasteiger partial charge in [0.05, 0.1) is 19.2 Å². The van der Waals surface area contributed by atoms with Gasteiger partial charge in [0, 0.05) is 29.5 Å². The first kappa shape index (κ1) is 15.8. The molecular weight excluding hydrogens is 330 g/mol. The van der Waals surface area contributed by atoms with Crippen molar-refractivity contribution in [1.29, 1.82) is 0 Å². The van der Waals surface area contributed by atoms with E-state index in [0.29, 0.717) is 22.2 Å². The third kappa shape index (κ3) is 3.63. The highest BCUT2D eigenvalue weighted by Crippen LogP contribution is 2.17. The zero-order chi connectivity index (χ0) is 16.9. The summed E-state index contributed by atoms with van der Waals surface area (Å²) in [6.07, 6.45) is 6.60. The Morgan fingerprint density at radius 1 is 1.38 bits per heavy atom. The molecule has 24 heavy (non-hydrogen) atoms. The van der Waals surface area contributed by atoms with Crippen LogP contribution in [0.5, 0.6) is 0 Å². The third-order valence-corrected chi connectivity index (χ3v) is 3.91. The van der Waals surface area contributed by atoms with Crippen molar-refractivity contribution in [3.8, 4) is 5.82 Å². The summed E-state index contributed by atoms with van der Waals surface area (Å²) < 4.78 is 6.29. The van der Waals surface area contributed by atoms with Gasteiger partial charge in [-0.3, -0.25) is 19.5 Å². The monoisotopic (exact) mass is 343 g/mol. The number of esters is 1.